The molecular weight excluding hydrogens is 865 g/mol. The first kappa shape index (κ1) is 50.5. The molecule has 0 aromatic rings. The number of aliphatic hydroxyl groups excluding tert-OH is 8. The lowest BCUT2D eigenvalue weighted by atomic mass is 9.33. The Morgan fingerprint density at radius 2 is 1.26 bits per heavy atom. The van der Waals surface area contributed by atoms with Crippen molar-refractivity contribution in [2.24, 2.45) is 50.2 Å². The molecule has 0 bridgehead atoms. The quantitative estimate of drug-likeness (QED) is 0.117. The Labute approximate surface area is 386 Å². The Bertz CT molecular complexity index is 1860. The largest absolute Gasteiger partial charge is 0.481 e. The van der Waals surface area contributed by atoms with Gasteiger partial charge in [0, 0.05) is 0 Å². The van der Waals surface area contributed by atoms with Crippen LogP contribution in [-0.4, -0.2) is 168 Å². The van der Waals surface area contributed by atoms with E-state index < -0.39 is 128 Å². The topological polar surface area (TPSA) is 292 Å². The van der Waals surface area contributed by atoms with E-state index in [9.17, 15) is 60.7 Å². The van der Waals surface area contributed by atoms with Crippen LogP contribution in [0.4, 0.5) is 0 Å². The molecule has 18 heteroatoms. The van der Waals surface area contributed by atoms with E-state index in [0.717, 1.165) is 44.9 Å². The smallest absolute Gasteiger partial charge is 0.335 e. The van der Waals surface area contributed by atoms with Gasteiger partial charge in [-0.25, -0.2) is 4.79 Å². The minimum absolute atomic E-state index is 0.00446. The van der Waals surface area contributed by atoms with Gasteiger partial charge >= 0.3 is 11.9 Å². The first-order chi connectivity index (χ1) is 30.7. The van der Waals surface area contributed by atoms with Gasteiger partial charge in [0.05, 0.1) is 24.2 Å². The molecule has 23 atom stereocenters. The molecule has 0 amide bonds. The second kappa shape index (κ2) is 17.5. The first-order valence-corrected chi connectivity index (χ1v) is 24.2. The summed E-state index contributed by atoms with van der Waals surface area (Å²) in [5.41, 5.74) is -0.173. The van der Waals surface area contributed by atoms with Gasteiger partial charge in [0.15, 0.2) is 25.0 Å². The predicted octanol–water partition coefficient (Wildman–Crippen LogP) is 1.83. The van der Waals surface area contributed by atoms with Crippen LogP contribution in [-0.2, 0) is 38.0 Å². The summed E-state index contributed by atoms with van der Waals surface area (Å²) in [6, 6.07) is 0. The fraction of sp³-hybridized carbons (Fsp3) is 0.917. The minimum atomic E-state index is -2.00. The minimum Gasteiger partial charge on any atom is -0.481 e. The lowest BCUT2D eigenvalue weighted by Gasteiger charge is -2.71. The van der Waals surface area contributed by atoms with Crippen LogP contribution >= 0.6 is 0 Å². The monoisotopic (exact) mass is 941 g/mol. The molecular formula is C48H76O18. The van der Waals surface area contributed by atoms with Gasteiger partial charge in [-0.1, -0.05) is 60.1 Å². The third-order valence-electron chi connectivity index (χ3n) is 19.3. The van der Waals surface area contributed by atoms with Crippen molar-refractivity contribution in [2.45, 2.75) is 218 Å². The fourth-order valence-corrected chi connectivity index (χ4v) is 15.1. The van der Waals surface area contributed by atoms with E-state index in [-0.39, 0.29) is 33.5 Å². The summed E-state index contributed by atoms with van der Waals surface area (Å²) < 4.78 is 35.0. The molecule has 0 aromatic heterocycles. The van der Waals surface area contributed by atoms with Crippen LogP contribution in [0.25, 0.3) is 0 Å². The number of ether oxygens (including phenoxy) is 6. The number of rotatable bonds is 9. The average molecular weight is 941 g/mol. The van der Waals surface area contributed by atoms with E-state index in [1.807, 2.05) is 0 Å². The number of hydrogen-bond donors (Lipinski definition) is 10. The van der Waals surface area contributed by atoms with E-state index >= 15 is 0 Å². The van der Waals surface area contributed by atoms with E-state index in [2.05, 4.69) is 54.5 Å². The number of fused-ring (bicyclic) bond motifs is 7. The Balaban J connectivity index is 0.958. The molecule has 3 saturated heterocycles. The summed E-state index contributed by atoms with van der Waals surface area (Å²) in [7, 11) is 0. The third-order valence-corrected chi connectivity index (χ3v) is 19.3. The zero-order valence-corrected chi connectivity index (χ0v) is 39.6. The lowest BCUT2D eigenvalue weighted by Crippen LogP contribution is -2.67. The number of carboxylic acid groups (broad SMARTS) is 2. The Kier molecular flexibility index (Phi) is 13.4. The highest BCUT2D eigenvalue weighted by atomic mass is 16.8. The molecule has 0 unspecified atom stereocenters. The summed E-state index contributed by atoms with van der Waals surface area (Å²) >= 11 is 0. The van der Waals surface area contributed by atoms with Gasteiger partial charge in [-0.2, -0.15) is 0 Å². The lowest BCUT2D eigenvalue weighted by molar-refractivity contribution is -0.379. The summed E-state index contributed by atoms with van der Waals surface area (Å²) in [5, 5.41) is 107. The number of allylic oxidation sites excluding steroid dienone is 2. The summed E-state index contributed by atoms with van der Waals surface area (Å²) in [6.07, 6.45) is -15.7. The second-order valence-corrected chi connectivity index (χ2v) is 23.5. The van der Waals surface area contributed by atoms with Gasteiger partial charge in [-0.15, -0.1) is 0 Å². The van der Waals surface area contributed by atoms with Crippen LogP contribution < -0.4 is 0 Å². The number of hydrogen-bond acceptors (Lipinski definition) is 16. The van der Waals surface area contributed by atoms with Crippen molar-refractivity contribution < 1.29 is 89.1 Å². The zero-order chi connectivity index (χ0) is 48.4. The molecule has 0 radical (unpaired) electrons. The van der Waals surface area contributed by atoms with Gasteiger partial charge in [-0.3, -0.25) is 4.79 Å². The molecule has 0 spiro atoms. The molecule has 8 aliphatic rings. The van der Waals surface area contributed by atoms with Crippen LogP contribution in [0.15, 0.2) is 11.6 Å². The third kappa shape index (κ3) is 7.74. The van der Waals surface area contributed by atoms with E-state index in [0.29, 0.717) is 25.2 Å². The van der Waals surface area contributed by atoms with Gasteiger partial charge in [0.1, 0.15) is 61.0 Å². The van der Waals surface area contributed by atoms with Crippen molar-refractivity contribution in [2.75, 3.05) is 6.61 Å². The number of carbonyl (C=O) groups is 2. The number of aliphatic carboxylic acids is 2. The van der Waals surface area contributed by atoms with Gasteiger partial charge in [0.2, 0.25) is 0 Å². The maximum absolute atomic E-state index is 13.1. The maximum Gasteiger partial charge on any atom is 0.335 e. The zero-order valence-electron chi connectivity index (χ0n) is 39.6. The molecule has 3 heterocycles. The van der Waals surface area contributed by atoms with Crippen molar-refractivity contribution >= 4 is 11.9 Å². The van der Waals surface area contributed by atoms with Crippen LogP contribution in [0.5, 0.6) is 0 Å². The molecule has 66 heavy (non-hydrogen) atoms. The van der Waals surface area contributed by atoms with E-state index in [1.165, 1.54) is 12.5 Å². The van der Waals surface area contributed by atoms with Gasteiger partial charge < -0.3 is 79.5 Å². The summed E-state index contributed by atoms with van der Waals surface area (Å²) in [6.45, 7) is 16.6. The molecule has 4 saturated carbocycles. The van der Waals surface area contributed by atoms with Gasteiger partial charge in [-0.05, 0) is 116 Å². The molecule has 7 fully saturated rings. The molecule has 376 valence electrons. The summed E-state index contributed by atoms with van der Waals surface area (Å²) in [5.74, 6) is -1.77. The summed E-state index contributed by atoms with van der Waals surface area (Å²) in [4.78, 5) is 25.9. The highest BCUT2D eigenvalue weighted by molar-refractivity contribution is 5.76. The van der Waals surface area contributed by atoms with Gasteiger partial charge in [0.25, 0.3) is 0 Å². The number of carboxylic acids is 2. The molecule has 10 N–H and O–H groups in total. The normalized spacial score (nSPS) is 53.3. The molecule has 3 aliphatic heterocycles. The number of aliphatic hydroxyl groups is 8. The maximum atomic E-state index is 13.1. The van der Waals surface area contributed by atoms with E-state index in [4.69, 9.17) is 28.4 Å². The van der Waals surface area contributed by atoms with Crippen molar-refractivity contribution in [1.29, 1.82) is 0 Å². The van der Waals surface area contributed by atoms with Crippen molar-refractivity contribution in [3.8, 4) is 0 Å². The van der Waals surface area contributed by atoms with Crippen LogP contribution in [0.2, 0.25) is 0 Å². The van der Waals surface area contributed by atoms with Crippen LogP contribution in [0.3, 0.4) is 0 Å². The average Bonchev–Trinajstić information content (AvgIpc) is 3.24. The second-order valence-electron chi connectivity index (χ2n) is 23.5. The SMILES string of the molecule is C[C@@H]1O[C@@H](O[C@H]2[C@H](O)[C@@H](O)[C@H](O[C@H]3[C@H](O)[C@@H](O)[C@H](O[C@H]4CC[C@@]5(C)[C@H](CC[C@]6(C)[C@@H]5CC=C5[C@H]7CC(C)(C)CC[C@]7(C(=O)O)CC[C@]56C)C4(C)C)O[C@@H]3C(=O)O)O[C@@H]2CO)[C@H](O)[C@H](O)[C@H]1O. The Morgan fingerprint density at radius 1 is 0.667 bits per heavy atom. The van der Waals surface area contributed by atoms with Crippen molar-refractivity contribution in [3.63, 3.8) is 0 Å². The van der Waals surface area contributed by atoms with Crippen molar-refractivity contribution in [3.05, 3.63) is 11.6 Å². The highest BCUT2D eigenvalue weighted by Gasteiger charge is 2.70. The first-order valence-electron chi connectivity index (χ1n) is 24.2. The van der Waals surface area contributed by atoms with Crippen molar-refractivity contribution in [1.82, 2.24) is 0 Å². The van der Waals surface area contributed by atoms with Crippen LogP contribution in [0, 0.1) is 50.2 Å². The molecule has 8 rings (SSSR count). The Morgan fingerprint density at radius 3 is 1.89 bits per heavy atom. The molecule has 5 aliphatic carbocycles. The van der Waals surface area contributed by atoms with E-state index in [1.54, 1.807) is 0 Å². The predicted molar refractivity (Wildman–Crippen MR) is 230 cm³/mol. The van der Waals surface area contributed by atoms with Crippen LogP contribution in [0.1, 0.15) is 120 Å². The fourth-order valence-electron chi connectivity index (χ4n) is 15.1. The highest BCUT2D eigenvalue weighted by Crippen LogP contribution is 2.76. The molecule has 0 aromatic carbocycles. The Hall–Kier alpha value is -1.88. The standard InChI is InChI=1S/C48H76O18/c1-21-28(50)29(51)32(54)39(61-21)64-35-24(20-49)62-40(33(55)30(35)52)65-36-31(53)34(56)41(66-37(36)38(57)58)63-27-12-13-45(6)25(44(27,4)5)11-14-47(8)26(45)10-9-22-23-19-43(2,3)15-17-48(23,42(59)60)18-16-46(22,47)7/h9,21,23-37,39-41,49-56H,10-20H2,1-8H3,(H,57,58)(H,59,60)/t21-,23+,24+,25+,26+,27-,28-,29+,30+,31+,32+,33+,34+,35+,36-,37-,39-,40-,41+,45-,46+,47+,48-/m0/s1. The molecule has 18 nitrogen and oxygen atoms in total.